The Labute approximate surface area is 220 Å². The van der Waals surface area contributed by atoms with Crippen LogP contribution < -0.4 is 23.7 Å². The van der Waals surface area contributed by atoms with E-state index in [4.69, 9.17) is 23.7 Å². The summed E-state index contributed by atoms with van der Waals surface area (Å²) in [5, 5.41) is 0. The van der Waals surface area contributed by atoms with Gasteiger partial charge in [0.15, 0.2) is 23.0 Å². The summed E-state index contributed by atoms with van der Waals surface area (Å²) < 4.78 is 28.9. The van der Waals surface area contributed by atoms with Gasteiger partial charge in [0.1, 0.15) is 12.4 Å². The molecule has 2 aliphatic rings. The first-order valence-electron chi connectivity index (χ1n) is 13.2. The number of hydrogen-bond donors (Lipinski definition) is 0. The molecule has 0 spiro atoms. The van der Waals surface area contributed by atoms with E-state index in [2.05, 4.69) is 77.9 Å². The minimum absolute atomic E-state index is 0.0637. The van der Waals surface area contributed by atoms with Crippen molar-refractivity contribution in [2.75, 3.05) is 13.6 Å². The summed E-state index contributed by atoms with van der Waals surface area (Å²) in [6, 6.07) is 17.1. The highest BCUT2D eigenvalue weighted by molar-refractivity contribution is 5.54. The van der Waals surface area contributed by atoms with Crippen molar-refractivity contribution >= 4 is 0 Å². The molecule has 0 saturated heterocycles. The van der Waals surface area contributed by atoms with E-state index in [1.54, 1.807) is 0 Å². The Hall–Kier alpha value is -3.34. The molecule has 0 bridgehead atoms. The van der Waals surface area contributed by atoms with Crippen LogP contribution in [0.2, 0.25) is 0 Å². The van der Waals surface area contributed by atoms with Gasteiger partial charge in [-0.3, -0.25) is 0 Å². The molecule has 0 N–H and O–H groups in total. The maximum Gasteiger partial charge on any atom is 0.231 e. The van der Waals surface area contributed by atoms with Crippen LogP contribution in [0.1, 0.15) is 82.2 Å². The zero-order valence-corrected chi connectivity index (χ0v) is 22.9. The SMILES string of the molecule is CCCC(C)(C)c1cc2c(cc1Cc1ccc(COc3cc4c(cc3C(C)(C)C)OCO4)cc1)OCO2. The van der Waals surface area contributed by atoms with Gasteiger partial charge in [0.05, 0.1) is 0 Å². The molecule has 0 aromatic heterocycles. The highest BCUT2D eigenvalue weighted by atomic mass is 16.7. The Balaban J connectivity index is 1.33. The third-order valence-electron chi connectivity index (χ3n) is 7.30. The number of benzene rings is 3. The van der Waals surface area contributed by atoms with Gasteiger partial charge in [-0.05, 0) is 64.1 Å². The van der Waals surface area contributed by atoms with Crippen molar-refractivity contribution in [3.05, 3.63) is 76.3 Å². The van der Waals surface area contributed by atoms with Crippen LogP contribution in [0, 0.1) is 0 Å². The molecule has 5 rings (SSSR count). The Morgan fingerprint density at radius 1 is 0.703 bits per heavy atom. The maximum atomic E-state index is 6.31. The summed E-state index contributed by atoms with van der Waals surface area (Å²) in [5.41, 5.74) is 6.11. The third-order valence-corrected chi connectivity index (χ3v) is 7.30. The molecule has 0 aliphatic carbocycles. The van der Waals surface area contributed by atoms with Gasteiger partial charge in [-0.2, -0.15) is 0 Å². The molecule has 5 heteroatoms. The van der Waals surface area contributed by atoms with E-state index in [9.17, 15) is 0 Å². The van der Waals surface area contributed by atoms with E-state index in [0.29, 0.717) is 13.4 Å². The fraction of sp³-hybridized carbons (Fsp3) is 0.438. The zero-order chi connectivity index (χ0) is 26.2. The van der Waals surface area contributed by atoms with Gasteiger partial charge in [-0.1, -0.05) is 72.2 Å². The summed E-state index contributed by atoms with van der Waals surface area (Å²) >= 11 is 0. The Kier molecular flexibility index (Phi) is 6.74. The normalized spacial score (nSPS) is 14.2. The van der Waals surface area contributed by atoms with Crippen molar-refractivity contribution in [1.82, 2.24) is 0 Å². The summed E-state index contributed by atoms with van der Waals surface area (Å²) in [5.74, 6) is 4.06. The van der Waals surface area contributed by atoms with Gasteiger partial charge in [0, 0.05) is 11.6 Å². The van der Waals surface area contributed by atoms with Crippen LogP contribution in [-0.2, 0) is 23.9 Å². The molecule has 0 radical (unpaired) electrons. The standard InChI is InChI=1S/C32H38O5/c1-7-12-32(5,6)24-15-28-27(34-19-35-28)14-23(24)13-21-8-10-22(11-9-21)18-33-26-17-30-29(36-20-37-30)16-25(26)31(2,3)4/h8-11,14-17H,7,12-13,18-20H2,1-6H3. The fourth-order valence-corrected chi connectivity index (χ4v) is 5.28. The van der Waals surface area contributed by atoms with Crippen LogP contribution in [0.5, 0.6) is 28.7 Å². The third kappa shape index (κ3) is 5.36. The molecule has 0 saturated carbocycles. The van der Waals surface area contributed by atoms with Crippen LogP contribution in [0.3, 0.4) is 0 Å². The van der Waals surface area contributed by atoms with Gasteiger partial charge < -0.3 is 23.7 Å². The molecule has 2 heterocycles. The van der Waals surface area contributed by atoms with Gasteiger partial charge in [0.2, 0.25) is 13.6 Å². The molecule has 0 amide bonds. The molecule has 0 unspecified atom stereocenters. The first kappa shape index (κ1) is 25.3. The van der Waals surface area contributed by atoms with E-state index in [-0.39, 0.29) is 17.6 Å². The lowest BCUT2D eigenvalue weighted by Crippen LogP contribution is -2.19. The van der Waals surface area contributed by atoms with E-state index in [1.165, 1.54) is 16.7 Å². The van der Waals surface area contributed by atoms with Crippen LogP contribution in [-0.4, -0.2) is 13.6 Å². The Morgan fingerprint density at radius 3 is 1.84 bits per heavy atom. The highest BCUT2D eigenvalue weighted by Gasteiger charge is 2.27. The molecule has 0 atom stereocenters. The molecule has 0 fully saturated rings. The fourth-order valence-electron chi connectivity index (χ4n) is 5.28. The van der Waals surface area contributed by atoms with Gasteiger partial charge in [-0.15, -0.1) is 0 Å². The summed E-state index contributed by atoms with van der Waals surface area (Å²) in [4.78, 5) is 0. The average Bonchev–Trinajstić information content (AvgIpc) is 3.50. The second-order valence-corrected chi connectivity index (χ2v) is 11.7. The van der Waals surface area contributed by atoms with Crippen molar-refractivity contribution in [3.63, 3.8) is 0 Å². The van der Waals surface area contributed by atoms with Gasteiger partial charge in [0.25, 0.3) is 0 Å². The molecule has 3 aromatic rings. The average molecular weight is 503 g/mol. The van der Waals surface area contributed by atoms with E-state index >= 15 is 0 Å². The van der Waals surface area contributed by atoms with Crippen LogP contribution in [0.15, 0.2) is 48.5 Å². The van der Waals surface area contributed by atoms with E-state index in [1.807, 2.05) is 12.1 Å². The van der Waals surface area contributed by atoms with Crippen molar-refractivity contribution < 1.29 is 23.7 Å². The van der Waals surface area contributed by atoms with Gasteiger partial charge >= 0.3 is 0 Å². The second kappa shape index (κ2) is 9.85. The summed E-state index contributed by atoms with van der Waals surface area (Å²) in [7, 11) is 0. The summed E-state index contributed by atoms with van der Waals surface area (Å²) in [6.45, 7) is 14.5. The maximum absolute atomic E-state index is 6.31. The van der Waals surface area contributed by atoms with E-state index < -0.39 is 0 Å². The number of rotatable bonds is 8. The molecule has 37 heavy (non-hydrogen) atoms. The molecular weight excluding hydrogens is 464 g/mol. The van der Waals surface area contributed by atoms with E-state index in [0.717, 1.165) is 59.1 Å². The molecule has 3 aromatic carbocycles. The number of ether oxygens (including phenoxy) is 5. The number of hydrogen-bond acceptors (Lipinski definition) is 5. The summed E-state index contributed by atoms with van der Waals surface area (Å²) in [6.07, 6.45) is 3.10. The Morgan fingerprint density at radius 2 is 1.24 bits per heavy atom. The lowest BCUT2D eigenvalue weighted by atomic mass is 9.77. The second-order valence-electron chi connectivity index (χ2n) is 11.7. The van der Waals surface area contributed by atoms with Crippen LogP contribution in [0.25, 0.3) is 0 Å². The van der Waals surface area contributed by atoms with Crippen molar-refractivity contribution in [1.29, 1.82) is 0 Å². The lowest BCUT2D eigenvalue weighted by molar-refractivity contribution is 0.173. The predicted molar refractivity (Wildman–Crippen MR) is 145 cm³/mol. The van der Waals surface area contributed by atoms with Crippen molar-refractivity contribution in [2.45, 2.75) is 78.2 Å². The van der Waals surface area contributed by atoms with Crippen LogP contribution in [0.4, 0.5) is 0 Å². The lowest BCUT2D eigenvalue weighted by Gasteiger charge is -2.28. The minimum atomic E-state index is -0.0754. The Bertz CT molecular complexity index is 1270. The molecule has 5 nitrogen and oxygen atoms in total. The van der Waals surface area contributed by atoms with Gasteiger partial charge in [-0.25, -0.2) is 0 Å². The van der Waals surface area contributed by atoms with Crippen molar-refractivity contribution in [3.8, 4) is 28.7 Å². The zero-order valence-electron chi connectivity index (χ0n) is 22.9. The predicted octanol–water partition coefficient (Wildman–Crippen LogP) is 7.69. The topological polar surface area (TPSA) is 46.2 Å². The smallest absolute Gasteiger partial charge is 0.231 e. The molecule has 2 aliphatic heterocycles. The van der Waals surface area contributed by atoms with Crippen molar-refractivity contribution in [2.24, 2.45) is 0 Å². The first-order valence-corrected chi connectivity index (χ1v) is 13.2. The quantitative estimate of drug-likeness (QED) is 0.316. The molecule has 196 valence electrons. The first-order chi connectivity index (χ1) is 17.6. The number of fused-ring (bicyclic) bond motifs is 2. The highest BCUT2D eigenvalue weighted by Crippen LogP contribution is 2.43. The minimum Gasteiger partial charge on any atom is -0.488 e. The molecular formula is C32H38O5. The van der Waals surface area contributed by atoms with Crippen LogP contribution >= 0.6 is 0 Å². The largest absolute Gasteiger partial charge is 0.488 e. The monoisotopic (exact) mass is 502 g/mol.